The molecule has 0 bridgehead atoms. The van der Waals surface area contributed by atoms with Crippen molar-refractivity contribution in [3.63, 3.8) is 0 Å². The zero-order chi connectivity index (χ0) is 37.4. The molecule has 5 aromatic carbocycles. The second-order valence-corrected chi connectivity index (χ2v) is 11.2. The van der Waals surface area contributed by atoms with Crippen LogP contribution >= 0.6 is 0 Å². The molecule has 7 rings (SSSR count). The SMILES string of the molecule is Nc1cc(OC(=O)c2ccc(C(=O)Oc3ccc4c(c3)C(=O)OC4=O)cc2)ccc1OC(=O)c1ccc(C(=O)Oc2ccc3c(c2)C(=O)OC3=O)cc1. The zero-order valence-electron chi connectivity index (χ0n) is 26.6. The van der Waals surface area contributed by atoms with Gasteiger partial charge in [0.2, 0.25) is 0 Å². The molecular formula is C38H19NO14. The van der Waals surface area contributed by atoms with E-state index in [1.807, 2.05) is 0 Å². The van der Waals surface area contributed by atoms with Crippen LogP contribution in [0.4, 0.5) is 5.69 Å². The Labute approximate surface area is 296 Å². The van der Waals surface area contributed by atoms with E-state index in [9.17, 15) is 38.4 Å². The molecule has 2 aliphatic rings. The molecule has 53 heavy (non-hydrogen) atoms. The fourth-order valence-electron chi connectivity index (χ4n) is 5.08. The number of carbonyl (C=O) groups is 8. The average Bonchev–Trinajstić information content (AvgIpc) is 3.60. The van der Waals surface area contributed by atoms with Gasteiger partial charge in [-0.05, 0) is 97.1 Å². The average molecular weight is 714 g/mol. The van der Waals surface area contributed by atoms with Gasteiger partial charge in [-0.3, -0.25) is 0 Å². The van der Waals surface area contributed by atoms with Gasteiger partial charge in [-0.2, -0.15) is 0 Å². The molecule has 0 aliphatic carbocycles. The van der Waals surface area contributed by atoms with Crippen molar-refractivity contribution in [3.8, 4) is 23.0 Å². The van der Waals surface area contributed by atoms with Crippen LogP contribution in [0.3, 0.4) is 0 Å². The molecule has 0 aromatic heterocycles. The Hall–Kier alpha value is -7.94. The van der Waals surface area contributed by atoms with Gasteiger partial charge >= 0.3 is 47.8 Å². The number of nitrogens with two attached hydrogens (primary N) is 1. The Morgan fingerprint density at radius 3 is 1.09 bits per heavy atom. The minimum absolute atomic E-state index is 0.00867. The van der Waals surface area contributed by atoms with Gasteiger partial charge in [-0.1, -0.05) is 0 Å². The highest BCUT2D eigenvalue weighted by atomic mass is 16.6. The summed E-state index contributed by atoms with van der Waals surface area (Å²) in [5.41, 5.74) is 6.38. The van der Waals surface area contributed by atoms with E-state index in [2.05, 4.69) is 9.47 Å². The summed E-state index contributed by atoms with van der Waals surface area (Å²) >= 11 is 0. The largest absolute Gasteiger partial charge is 0.423 e. The summed E-state index contributed by atoms with van der Waals surface area (Å²) in [5, 5.41) is 0. The van der Waals surface area contributed by atoms with E-state index < -0.39 is 47.8 Å². The molecule has 260 valence electrons. The van der Waals surface area contributed by atoms with Crippen LogP contribution in [0.15, 0.2) is 103 Å². The van der Waals surface area contributed by atoms with Crippen molar-refractivity contribution in [2.75, 3.05) is 5.73 Å². The maximum Gasteiger partial charge on any atom is 0.347 e. The van der Waals surface area contributed by atoms with E-state index in [1.54, 1.807) is 0 Å². The van der Waals surface area contributed by atoms with Gasteiger partial charge in [0.05, 0.1) is 50.2 Å². The molecule has 2 heterocycles. The lowest BCUT2D eigenvalue weighted by atomic mass is 10.1. The summed E-state index contributed by atoms with van der Waals surface area (Å²) in [6, 6.07) is 22.2. The number of nitrogen functional groups attached to an aromatic ring is 1. The second-order valence-electron chi connectivity index (χ2n) is 11.2. The molecule has 0 saturated carbocycles. The van der Waals surface area contributed by atoms with Crippen LogP contribution in [0.5, 0.6) is 23.0 Å². The smallest absolute Gasteiger partial charge is 0.347 e. The fourth-order valence-corrected chi connectivity index (χ4v) is 5.08. The summed E-state index contributed by atoms with van der Waals surface area (Å²) in [6.07, 6.45) is 0. The molecule has 0 fully saturated rings. The minimum atomic E-state index is -0.848. The van der Waals surface area contributed by atoms with Crippen LogP contribution in [0.1, 0.15) is 82.9 Å². The van der Waals surface area contributed by atoms with Crippen molar-refractivity contribution in [3.05, 3.63) is 148 Å². The number of carbonyl (C=O) groups excluding carboxylic acids is 8. The van der Waals surface area contributed by atoms with Crippen LogP contribution in [0.2, 0.25) is 0 Å². The van der Waals surface area contributed by atoms with E-state index in [0.717, 1.165) is 0 Å². The molecule has 0 spiro atoms. The van der Waals surface area contributed by atoms with E-state index in [4.69, 9.17) is 24.7 Å². The van der Waals surface area contributed by atoms with Crippen LogP contribution < -0.4 is 24.7 Å². The van der Waals surface area contributed by atoms with Gasteiger partial charge in [-0.25, -0.2) is 38.4 Å². The Morgan fingerprint density at radius 2 is 0.717 bits per heavy atom. The van der Waals surface area contributed by atoms with E-state index >= 15 is 0 Å². The second kappa shape index (κ2) is 13.4. The van der Waals surface area contributed by atoms with Gasteiger partial charge < -0.3 is 34.2 Å². The highest BCUT2D eigenvalue weighted by Crippen LogP contribution is 2.29. The van der Waals surface area contributed by atoms with Crippen molar-refractivity contribution in [2.45, 2.75) is 0 Å². The summed E-state index contributed by atoms with van der Waals surface area (Å²) < 4.78 is 30.3. The first kappa shape index (κ1) is 33.6. The first-order valence-electron chi connectivity index (χ1n) is 15.2. The highest BCUT2D eigenvalue weighted by molar-refractivity contribution is 6.15. The molecular weight excluding hydrogens is 694 g/mol. The lowest BCUT2D eigenvalue weighted by Gasteiger charge is -2.10. The molecule has 2 aliphatic heterocycles. The number of anilines is 1. The van der Waals surface area contributed by atoms with Gasteiger partial charge in [-0.15, -0.1) is 0 Å². The topological polar surface area (TPSA) is 218 Å². The first-order chi connectivity index (χ1) is 25.4. The van der Waals surface area contributed by atoms with Crippen molar-refractivity contribution >= 4 is 53.4 Å². The van der Waals surface area contributed by atoms with E-state index in [1.165, 1.54) is 103 Å². The molecule has 0 atom stereocenters. The quantitative estimate of drug-likeness (QED) is 0.0991. The third-order valence-electron chi connectivity index (χ3n) is 7.76. The van der Waals surface area contributed by atoms with Crippen LogP contribution in [0, 0.1) is 0 Å². The summed E-state index contributed by atoms with van der Waals surface area (Å²) in [4.78, 5) is 97.5. The van der Waals surface area contributed by atoms with Crippen molar-refractivity contribution in [1.29, 1.82) is 0 Å². The number of benzene rings is 5. The lowest BCUT2D eigenvalue weighted by molar-refractivity contribution is 0.0425. The zero-order valence-corrected chi connectivity index (χ0v) is 26.6. The van der Waals surface area contributed by atoms with E-state index in [-0.39, 0.29) is 73.2 Å². The van der Waals surface area contributed by atoms with Crippen LogP contribution in [-0.4, -0.2) is 47.8 Å². The van der Waals surface area contributed by atoms with Gasteiger partial charge in [0.25, 0.3) is 0 Å². The molecule has 0 unspecified atom stereocenters. The number of fused-ring (bicyclic) bond motifs is 2. The standard InChI is InChI=1S/C38H19NO14/c39-29-17-24(50-33(42)20-3-1-18(2-4-20)31(40)48-22-9-12-25-27(15-22)37(46)52-35(25)44)11-14-30(29)51-34(43)21-7-5-19(6-8-21)32(41)49-23-10-13-26-28(16-23)38(47)53-36(26)45/h1-17H,39H2. The normalized spacial score (nSPS) is 12.6. The number of cyclic esters (lactones) is 4. The Bertz CT molecular complexity index is 2450. The Kier molecular flexibility index (Phi) is 8.49. The Balaban J connectivity index is 0.925. The predicted octanol–water partition coefficient (Wildman–Crippen LogP) is 4.77. The Morgan fingerprint density at radius 1 is 0.396 bits per heavy atom. The van der Waals surface area contributed by atoms with Crippen LogP contribution in [0.25, 0.3) is 0 Å². The van der Waals surface area contributed by atoms with Crippen LogP contribution in [-0.2, 0) is 9.47 Å². The molecule has 15 nitrogen and oxygen atoms in total. The summed E-state index contributed by atoms with van der Waals surface area (Å²) in [6.45, 7) is 0. The van der Waals surface area contributed by atoms with Gasteiger partial charge in [0, 0.05) is 6.07 Å². The summed E-state index contributed by atoms with van der Waals surface area (Å²) in [5.74, 6) is -6.45. The summed E-state index contributed by atoms with van der Waals surface area (Å²) in [7, 11) is 0. The fraction of sp³-hybridized carbons (Fsp3) is 0. The molecule has 0 radical (unpaired) electrons. The minimum Gasteiger partial charge on any atom is -0.423 e. The monoisotopic (exact) mass is 713 g/mol. The van der Waals surface area contributed by atoms with Gasteiger partial charge in [0.1, 0.15) is 17.2 Å². The third kappa shape index (κ3) is 6.80. The van der Waals surface area contributed by atoms with Crippen molar-refractivity contribution < 1.29 is 66.8 Å². The van der Waals surface area contributed by atoms with Crippen molar-refractivity contribution in [2.24, 2.45) is 0 Å². The number of ether oxygens (including phenoxy) is 6. The lowest BCUT2D eigenvalue weighted by Crippen LogP contribution is -2.13. The third-order valence-corrected chi connectivity index (χ3v) is 7.76. The number of esters is 8. The van der Waals surface area contributed by atoms with Crippen molar-refractivity contribution in [1.82, 2.24) is 0 Å². The van der Waals surface area contributed by atoms with E-state index in [0.29, 0.717) is 0 Å². The molecule has 15 heteroatoms. The maximum absolute atomic E-state index is 12.8. The molecule has 2 N–H and O–H groups in total. The number of hydrogen-bond acceptors (Lipinski definition) is 15. The maximum atomic E-state index is 12.8. The number of hydrogen-bond donors (Lipinski definition) is 1. The number of rotatable bonds is 8. The highest BCUT2D eigenvalue weighted by Gasteiger charge is 2.31. The van der Waals surface area contributed by atoms with Gasteiger partial charge in [0.15, 0.2) is 5.75 Å². The first-order valence-corrected chi connectivity index (χ1v) is 15.2. The molecule has 5 aromatic rings. The molecule has 0 amide bonds. The molecule has 0 saturated heterocycles. The predicted molar refractivity (Wildman–Crippen MR) is 176 cm³/mol.